The van der Waals surface area contributed by atoms with E-state index in [4.69, 9.17) is 4.74 Å². The van der Waals surface area contributed by atoms with Crippen molar-refractivity contribution in [3.63, 3.8) is 0 Å². The van der Waals surface area contributed by atoms with Crippen molar-refractivity contribution < 1.29 is 9.53 Å². The van der Waals surface area contributed by atoms with Gasteiger partial charge in [-0.2, -0.15) is 0 Å². The average Bonchev–Trinajstić information content (AvgIpc) is 2.77. The molecule has 1 amide bonds. The summed E-state index contributed by atoms with van der Waals surface area (Å²) in [7, 11) is 0. The van der Waals surface area contributed by atoms with E-state index in [1.165, 1.54) is 12.8 Å². The summed E-state index contributed by atoms with van der Waals surface area (Å²) in [5, 5.41) is 6.02. The first-order valence-corrected chi connectivity index (χ1v) is 6.36. The van der Waals surface area contributed by atoms with E-state index < -0.39 is 0 Å². The molecule has 1 heterocycles. The van der Waals surface area contributed by atoms with Gasteiger partial charge in [-0.25, -0.2) is 0 Å². The summed E-state index contributed by atoms with van der Waals surface area (Å²) >= 11 is 0. The Hall–Kier alpha value is -0.610. The number of likely N-dealkylation sites (N-methyl/N-ethyl adjacent to an activating group) is 1. The second-order valence-electron chi connectivity index (χ2n) is 4.35. The lowest BCUT2D eigenvalue weighted by atomic mass is 10.1. The molecule has 1 rings (SSSR count). The first kappa shape index (κ1) is 13.5. The van der Waals surface area contributed by atoms with Crippen molar-refractivity contribution in [3.8, 4) is 0 Å². The van der Waals surface area contributed by atoms with Crippen LogP contribution in [0, 0.1) is 0 Å². The summed E-state index contributed by atoms with van der Waals surface area (Å²) in [5.41, 5.74) is 0. The third-order valence-electron chi connectivity index (χ3n) is 2.92. The Bertz CT molecular complexity index is 203. The molecule has 0 aromatic heterocycles. The molecule has 2 unspecified atom stereocenters. The highest BCUT2D eigenvalue weighted by Gasteiger charge is 2.15. The van der Waals surface area contributed by atoms with Crippen molar-refractivity contribution in [1.29, 1.82) is 0 Å². The van der Waals surface area contributed by atoms with Gasteiger partial charge in [-0.3, -0.25) is 4.79 Å². The van der Waals surface area contributed by atoms with Gasteiger partial charge in [0.25, 0.3) is 0 Å². The zero-order chi connectivity index (χ0) is 11.8. The standard InChI is InChI=1S/C12H24N2O2/c1-3-13-12(15)10(2)14-8-4-6-11-7-5-9-16-11/h10-11,14H,3-9H2,1-2H3,(H,13,15). The third kappa shape index (κ3) is 4.94. The minimum atomic E-state index is -0.0931. The van der Waals surface area contributed by atoms with Gasteiger partial charge in [0.1, 0.15) is 0 Å². The molecule has 1 aliphatic heterocycles. The molecule has 1 aliphatic rings. The van der Waals surface area contributed by atoms with Crippen molar-refractivity contribution in [2.45, 2.75) is 51.7 Å². The second-order valence-corrected chi connectivity index (χ2v) is 4.35. The quantitative estimate of drug-likeness (QED) is 0.641. The van der Waals surface area contributed by atoms with E-state index in [1.807, 2.05) is 13.8 Å². The Morgan fingerprint density at radius 1 is 1.56 bits per heavy atom. The zero-order valence-corrected chi connectivity index (χ0v) is 10.4. The van der Waals surface area contributed by atoms with E-state index in [2.05, 4.69) is 10.6 Å². The lowest BCUT2D eigenvalue weighted by Gasteiger charge is -2.14. The van der Waals surface area contributed by atoms with Gasteiger partial charge in [-0.1, -0.05) is 0 Å². The molecule has 1 saturated heterocycles. The summed E-state index contributed by atoms with van der Waals surface area (Å²) in [6, 6.07) is -0.0931. The normalized spacial score (nSPS) is 22.0. The fourth-order valence-electron chi connectivity index (χ4n) is 1.94. The Balaban J connectivity index is 1.99. The van der Waals surface area contributed by atoms with Gasteiger partial charge < -0.3 is 15.4 Å². The van der Waals surface area contributed by atoms with Crippen molar-refractivity contribution in [3.05, 3.63) is 0 Å². The molecule has 0 bridgehead atoms. The van der Waals surface area contributed by atoms with Crippen LogP contribution in [0.15, 0.2) is 0 Å². The topological polar surface area (TPSA) is 50.4 Å². The van der Waals surface area contributed by atoms with Crippen molar-refractivity contribution in [2.75, 3.05) is 19.7 Å². The lowest BCUT2D eigenvalue weighted by molar-refractivity contribution is -0.122. The molecule has 94 valence electrons. The smallest absolute Gasteiger partial charge is 0.236 e. The summed E-state index contributed by atoms with van der Waals surface area (Å²) in [6.07, 6.45) is 5.05. The van der Waals surface area contributed by atoms with Crippen molar-refractivity contribution in [2.24, 2.45) is 0 Å². The van der Waals surface area contributed by atoms with E-state index in [9.17, 15) is 4.79 Å². The molecule has 2 atom stereocenters. The molecule has 0 spiro atoms. The largest absolute Gasteiger partial charge is 0.378 e. The number of ether oxygens (including phenoxy) is 1. The zero-order valence-electron chi connectivity index (χ0n) is 10.4. The number of carbonyl (C=O) groups excluding carboxylic acids is 1. The van der Waals surface area contributed by atoms with E-state index in [1.54, 1.807) is 0 Å². The van der Waals surface area contributed by atoms with Gasteiger partial charge in [-0.05, 0) is 46.1 Å². The van der Waals surface area contributed by atoms with Gasteiger partial charge in [0.15, 0.2) is 0 Å². The number of hydrogen-bond donors (Lipinski definition) is 2. The highest BCUT2D eigenvalue weighted by molar-refractivity contribution is 5.81. The van der Waals surface area contributed by atoms with Crippen LogP contribution in [0.3, 0.4) is 0 Å². The van der Waals surface area contributed by atoms with Crippen LogP contribution in [0.4, 0.5) is 0 Å². The number of amides is 1. The van der Waals surface area contributed by atoms with Crippen molar-refractivity contribution >= 4 is 5.91 Å². The minimum Gasteiger partial charge on any atom is -0.378 e. The molecule has 0 radical (unpaired) electrons. The maximum atomic E-state index is 11.4. The van der Waals surface area contributed by atoms with E-state index in [0.717, 1.165) is 26.0 Å². The summed E-state index contributed by atoms with van der Waals surface area (Å²) < 4.78 is 5.54. The number of nitrogens with one attached hydrogen (secondary N) is 2. The maximum Gasteiger partial charge on any atom is 0.236 e. The summed E-state index contributed by atoms with van der Waals surface area (Å²) in [4.78, 5) is 11.4. The lowest BCUT2D eigenvalue weighted by Crippen LogP contribution is -2.42. The SMILES string of the molecule is CCNC(=O)C(C)NCCCC1CCCO1. The fourth-order valence-corrected chi connectivity index (χ4v) is 1.94. The maximum absolute atomic E-state index is 11.4. The molecule has 0 aromatic rings. The van der Waals surface area contributed by atoms with Crippen LogP contribution in [0.5, 0.6) is 0 Å². The van der Waals surface area contributed by atoms with E-state index in [0.29, 0.717) is 12.6 Å². The first-order chi connectivity index (χ1) is 7.74. The number of rotatable bonds is 7. The van der Waals surface area contributed by atoms with Gasteiger partial charge >= 0.3 is 0 Å². The average molecular weight is 228 g/mol. The fraction of sp³-hybridized carbons (Fsp3) is 0.917. The number of hydrogen-bond acceptors (Lipinski definition) is 3. The van der Waals surface area contributed by atoms with Gasteiger partial charge in [0, 0.05) is 13.2 Å². The van der Waals surface area contributed by atoms with Gasteiger partial charge in [-0.15, -0.1) is 0 Å². The Morgan fingerprint density at radius 2 is 2.38 bits per heavy atom. The van der Waals surface area contributed by atoms with Gasteiger partial charge in [0.2, 0.25) is 5.91 Å². The molecule has 1 fully saturated rings. The van der Waals surface area contributed by atoms with Crippen LogP contribution in [0.1, 0.15) is 39.5 Å². The molecule has 4 nitrogen and oxygen atoms in total. The Kier molecular flexibility index (Phi) is 6.42. The first-order valence-electron chi connectivity index (χ1n) is 6.36. The summed E-state index contributed by atoms with van der Waals surface area (Å²) in [5.74, 6) is 0.0830. The Labute approximate surface area is 98.1 Å². The molecule has 0 aromatic carbocycles. The molecule has 4 heteroatoms. The van der Waals surface area contributed by atoms with Crippen LogP contribution >= 0.6 is 0 Å². The molecular formula is C12H24N2O2. The minimum absolute atomic E-state index is 0.0830. The van der Waals surface area contributed by atoms with Crippen LogP contribution in [-0.2, 0) is 9.53 Å². The second kappa shape index (κ2) is 7.63. The molecule has 0 aliphatic carbocycles. The van der Waals surface area contributed by atoms with Crippen LogP contribution < -0.4 is 10.6 Å². The van der Waals surface area contributed by atoms with Crippen molar-refractivity contribution in [1.82, 2.24) is 10.6 Å². The third-order valence-corrected chi connectivity index (χ3v) is 2.92. The number of carbonyl (C=O) groups is 1. The van der Waals surface area contributed by atoms with E-state index in [-0.39, 0.29) is 11.9 Å². The monoisotopic (exact) mass is 228 g/mol. The van der Waals surface area contributed by atoms with Crippen LogP contribution in [0.25, 0.3) is 0 Å². The van der Waals surface area contributed by atoms with Crippen LogP contribution in [-0.4, -0.2) is 37.7 Å². The van der Waals surface area contributed by atoms with E-state index >= 15 is 0 Å². The highest BCUT2D eigenvalue weighted by Crippen LogP contribution is 2.16. The molecule has 0 saturated carbocycles. The predicted molar refractivity (Wildman–Crippen MR) is 64.4 cm³/mol. The molecule has 16 heavy (non-hydrogen) atoms. The molecule has 2 N–H and O–H groups in total. The Morgan fingerprint density at radius 3 is 3.00 bits per heavy atom. The van der Waals surface area contributed by atoms with Crippen LogP contribution in [0.2, 0.25) is 0 Å². The predicted octanol–water partition coefficient (Wildman–Crippen LogP) is 1.06. The van der Waals surface area contributed by atoms with Gasteiger partial charge in [0.05, 0.1) is 12.1 Å². The summed E-state index contributed by atoms with van der Waals surface area (Å²) in [6.45, 7) is 6.34. The molecular weight excluding hydrogens is 204 g/mol. The highest BCUT2D eigenvalue weighted by atomic mass is 16.5.